The lowest BCUT2D eigenvalue weighted by atomic mass is 10.1. The molecule has 7 nitrogen and oxygen atoms in total. The van der Waals surface area contributed by atoms with Gasteiger partial charge in [0.1, 0.15) is 0 Å². The van der Waals surface area contributed by atoms with Crippen molar-refractivity contribution in [3.05, 3.63) is 53.6 Å². The van der Waals surface area contributed by atoms with Crippen LogP contribution in [0.25, 0.3) is 0 Å². The number of aryl methyl sites for hydroxylation is 1. The number of urea groups is 1. The van der Waals surface area contributed by atoms with Gasteiger partial charge in [-0.05, 0) is 68.0 Å². The van der Waals surface area contributed by atoms with Crippen molar-refractivity contribution in [2.24, 2.45) is 0 Å². The maximum atomic E-state index is 13.0. The lowest BCUT2D eigenvalue weighted by Gasteiger charge is -2.30. The molecule has 32 heavy (non-hydrogen) atoms. The van der Waals surface area contributed by atoms with Crippen molar-refractivity contribution < 1.29 is 14.3 Å². The van der Waals surface area contributed by atoms with E-state index in [4.69, 9.17) is 4.74 Å². The molecule has 0 unspecified atom stereocenters. The van der Waals surface area contributed by atoms with E-state index in [9.17, 15) is 9.59 Å². The molecule has 172 valence electrons. The van der Waals surface area contributed by atoms with Crippen molar-refractivity contribution in [2.45, 2.75) is 39.0 Å². The molecule has 3 amide bonds. The SMILES string of the molecule is CCc1cccc(NC(=O)Nc2ccc(N3CCCCC3)c(C(=O)NCCCOC)c2)c1. The lowest BCUT2D eigenvalue weighted by molar-refractivity contribution is 0.0949. The van der Waals surface area contributed by atoms with Crippen LogP contribution >= 0.6 is 0 Å². The second-order valence-electron chi connectivity index (χ2n) is 8.01. The molecule has 0 atom stereocenters. The summed E-state index contributed by atoms with van der Waals surface area (Å²) in [6.07, 6.45) is 5.10. The lowest BCUT2D eigenvalue weighted by Crippen LogP contribution is -2.33. The van der Waals surface area contributed by atoms with Gasteiger partial charge in [-0.1, -0.05) is 19.1 Å². The van der Waals surface area contributed by atoms with Crippen molar-refractivity contribution in [2.75, 3.05) is 48.9 Å². The Morgan fingerprint density at radius 3 is 2.47 bits per heavy atom. The van der Waals surface area contributed by atoms with Gasteiger partial charge in [0.15, 0.2) is 0 Å². The number of amides is 3. The molecule has 3 rings (SSSR count). The molecule has 1 heterocycles. The summed E-state index contributed by atoms with van der Waals surface area (Å²) in [5.74, 6) is -0.138. The van der Waals surface area contributed by atoms with Crippen LogP contribution in [-0.4, -0.2) is 45.3 Å². The first-order chi connectivity index (χ1) is 15.6. The Morgan fingerprint density at radius 1 is 1.00 bits per heavy atom. The molecule has 0 saturated carbocycles. The van der Waals surface area contributed by atoms with Crippen LogP contribution in [0.5, 0.6) is 0 Å². The van der Waals surface area contributed by atoms with Gasteiger partial charge < -0.3 is 25.6 Å². The number of ether oxygens (including phenoxy) is 1. The van der Waals surface area contributed by atoms with Crippen molar-refractivity contribution in [1.29, 1.82) is 0 Å². The second-order valence-corrected chi connectivity index (χ2v) is 8.01. The summed E-state index contributed by atoms with van der Waals surface area (Å²) in [6.45, 7) is 5.08. The van der Waals surface area contributed by atoms with Crippen molar-refractivity contribution in [3.63, 3.8) is 0 Å². The fraction of sp³-hybridized carbons (Fsp3) is 0.440. The van der Waals surface area contributed by atoms with Gasteiger partial charge in [0.2, 0.25) is 0 Å². The van der Waals surface area contributed by atoms with Crippen LogP contribution in [-0.2, 0) is 11.2 Å². The van der Waals surface area contributed by atoms with Gasteiger partial charge in [-0.3, -0.25) is 4.79 Å². The summed E-state index contributed by atoms with van der Waals surface area (Å²) in [6, 6.07) is 13.0. The molecule has 0 aliphatic carbocycles. The molecule has 2 aromatic carbocycles. The van der Waals surface area contributed by atoms with E-state index in [1.807, 2.05) is 36.4 Å². The van der Waals surface area contributed by atoms with E-state index in [1.165, 1.54) is 6.42 Å². The molecule has 0 radical (unpaired) electrons. The highest BCUT2D eigenvalue weighted by atomic mass is 16.5. The van der Waals surface area contributed by atoms with Crippen LogP contribution in [0.15, 0.2) is 42.5 Å². The van der Waals surface area contributed by atoms with Crippen LogP contribution in [0.3, 0.4) is 0 Å². The van der Waals surface area contributed by atoms with E-state index >= 15 is 0 Å². The monoisotopic (exact) mass is 438 g/mol. The minimum atomic E-state index is -0.338. The number of methoxy groups -OCH3 is 1. The molecule has 1 aliphatic heterocycles. The molecular weight excluding hydrogens is 404 g/mol. The van der Waals surface area contributed by atoms with Crippen LogP contribution in [0.2, 0.25) is 0 Å². The number of nitrogens with zero attached hydrogens (tertiary/aromatic N) is 1. The number of rotatable bonds is 9. The zero-order valence-electron chi connectivity index (χ0n) is 19.1. The normalized spacial score (nSPS) is 13.5. The van der Waals surface area contributed by atoms with E-state index in [2.05, 4.69) is 27.8 Å². The molecule has 0 aromatic heterocycles. The maximum absolute atomic E-state index is 13.0. The van der Waals surface area contributed by atoms with Crippen molar-refractivity contribution in [3.8, 4) is 0 Å². The number of benzene rings is 2. The molecule has 1 aliphatic rings. The Morgan fingerprint density at radius 2 is 1.75 bits per heavy atom. The smallest absolute Gasteiger partial charge is 0.323 e. The summed E-state index contributed by atoms with van der Waals surface area (Å²) in [4.78, 5) is 27.8. The van der Waals surface area contributed by atoms with E-state index in [-0.39, 0.29) is 11.9 Å². The van der Waals surface area contributed by atoms with Crippen molar-refractivity contribution >= 4 is 29.0 Å². The minimum Gasteiger partial charge on any atom is -0.385 e. The van der Waals surface area contributed by atoms with Crippen molar-refractivity contribution in [1.82, 2.24) is 5.32 Å². The third kappa shape index (κ3) is 6.72. The van der Waals surface area contributed by atoms with Gasteiger partial charge in [-0.25, -0.2) is 4.79 Å². The van der Waals surface area contributed by atoms with E-state index in [0.717, 1.165) is 55.7 Å². The van der Waals surface area contributed by atoms with Crippen LogP contribution in [0, 0.1) is 0 Å². The second kappa shape index (κ2) is 12.1. The van der Waals surface area contributed by atoms with Gasteiger partial charge in [-0.15, -0.1) is 0 Å². The third-order valence-electron chi connectivity index (χ3n) is 5.60. The largest absolute Gasteiger partial charge is 0.385 e. The van der Waals surface area contributed by atoms with E-state index in [0.29, 0.717) is 24.4 Å². The Balaban J connectivity index is 1.73. The number of carbonyl (C=O) groups excluding carboxylic acids is 2. The Bertz CT molecular complexity index is 910. The Labute approximate surface area is 190 Å². The fourth-order valence-electron chi connectivity index (χ4n) is 3.88. The highest BCUT2D eigenvalue weighted by Crippen LogP contribution is 2.27. The van der Waals surface area contributed by atoms with Crippen LogP contribution in [0.1, 0.15) is 48.5 Å². The summed E-state index contributed by atoms with van der Waals surface area (Å²) >= 11 is 0. The summed E-state index contributed by atoms with van der Waals surface area (Å²) in [5.41, 5.74) is 3.96. The van der Waals surface area contributed by atoms with Gasteiger partial charge in [-0.2, -0.15) is 0 Å². The van der Waals surface area contributed by atoms with Gasteiger partial charge >= 0.3 is 6.03 Å². The van der Waals surface area contributed by atoms with Crippen LogP contribution in [0.4, 0.5) is 21.9 Å². The topological polar surface area (TPSA) is 82.7 Å². The first kappa shape index (κ1) is 23.6. The number of hydrogen-bond donors (Lipinski definition) is 3. The molecule has 1 fully saturated rings. The molecule has 3 N–H and O–H groups in total. The van der Waals surface area contributed by atoms with Crippen LogP contribution < -0.4 is 20.9 Å². The standard InChI is InChI=1S/C25H34N4O3/c1-3-19-9-7-10-20(17-19)27-25(31)28-21-11-12-23(29-14-5-4-6-15-29)22(18-21)24(30)26-13-8-16-32-2/h7,9-12,17-18H,3-6,8,13-16H2,1-2H3,(H,26,30)(H2,27,28,31). The molecular formula is C25H34N4O3. The molecule has 0 spiro atoms. The molecule has 1 saturated heterocycles. The average Bonchev–Trinajstić information content (AvgIpc) is 2.82. The Kier molecular flexibility index (Phi) is 8.92. The van der Waals surface area contributed by atoms with Gasteiger partial charge in [0.25, 0.3) is 5.91 Å². The number of piperidine rings is 1. The maximum Gasteiger partial charge on any atom is 0.323 e. The molecule has 0 bridgehead atoms. The minimum absolute atomic E-state index is 0.138. The highest BCUT2D eigenvalue weighted by molar-refractivity contribution is 6.04. The zero-order valence-corrected chi connectivity index (χ0v) is 19.1. The Hall–Kier alpha value is -3.06. The number of hydrogen-bond acceptors (Lipinski definition) is 4. The van der Waals surface area contributed by atoms with Gasteiger partial charge in [0.05, 0.1) is 5.56 Å². The average molecular weight is 439 g/mol. The zero-order chi connectivity index (χ0) is 22.8. The third-order valence-corrected chi connectivity index (χ3v) is 5.60. The predicted octanol–water partition coefficient (Wildman–Crippen LogP) is 4.65. The summed E-state index contributed by atoms with van der Waals surface area (Å²) in [5, 5.41) is 8.70. The summed E-state index contributed by atoms with van der Waals surface area (Å²) in [7, 11) is 1.65. The number of nitrogens with one attached hydrogen (secondary N) is 3. The highest BCUT2D eigenvalue weighted by Gasteiger charge is 2.19. The predicted molar refractivity (Wildman–Crippen MR) is 130 cm³/mol. The van der Waals surface area contributed by atoms with E-state index in [1.54, 1.807) is 13.2 Å². The number of carbonyl (C=O) groups is 2. The fourth-order valence-corrected chi connectivity index (χ4v) is 3.88. The molecule has 7 heteroatoms. The van der Waals surface area contributed by atoms with E-state index < -0.39 is 0 Å². The first-order valence-corrected chi connectivity index (χ1v) is 11.4. The first-order valence-electron chi connectivity index (χ1n) is 11.4. The molecule has 2 aromatic rings. The van der Waals surface area contributed by atoms with Gasteiger partial charge in [0, 0.05) is 50.4 Å². The summed E-state index contributed by atoms with van der Waals surface area (Å²) < 4.78 is 5.06. The number of anilines is 3. The quantitative estimate of drug-likeness (QED) is 0.498.